The van der Waals surface area contributed by atoms with E-state index in [0.29, 0.717) is 16.8 Å². The molecule has 0 saturated carbocycles. The maximum Gasteiger partial charge on any atom is 0.338 e. The van der Waals surface area contributed by atoms with Gasteiger partial charge in [0.15, 0.2) is 6.61 Å². The lowest BCUT2D eigenvalue weighted by Gasteiger charge is -2.06. The number of hydrogen-bond donors (Lipinski definition) is 1. The molecule has 2 rings (SSSR count). The van der Waals surface area contributed by atoms with Gasteiger partial charge in [-0.25, -0.2) is 4.79 Å². The number of nitriles is 1. The number of nitrogens with zero attached hydrogens (tertiary/aromatic N) is 1. The van der Waals surface area contributed by atoms with E-state index in [9.17, 15) is 9.59 Å². The van der Waals surface area contributed by atoms with Crippen molar-refractivity contribution in [3.8, 4) is 6.07 Å². The lowest BCUT2D eigenvalue weighted by Crippen LogP contribution is -2.20. The fourth-order valence-corrected chi connectivity index (χ4v) is 1.61. The zero-order chi connectivity index (χ0) is 15.1. The minimum atomic E-state index is -0.609. The average molecular weight is 280 g/mol. The lowest BCUT2D eigenvalue weighted by molar-refractivity contribution is -0.119. The quantitative estimate of drug-likeness (QED) is 0.872. The second kappa shape index (κ2) is 6.87. The second-order valence-electron chi connectivity index (χ2n) is 4.18. The highest BCUT2D eigenvalue weighted by Crippen LogP contribution is 2.06. The number of ether oxygens (including phenoxy) is 1. The highest BCUT2D eigenvalue weighted by molar-refractivity contribution is 5.95. The van der Waals surface area contributed by atoms with E-state index >= 15 is 0 Å². The van der Waals surface area contributed by atoms with Gasteiger partial charge in [-0.1, -0.05) is 18.2 Å². The zero-order valence-corrected chi connectivity index (χ0v) is 11.1. The molecule has 0 saturated heterocycles. The molecule has 2 aromatic rings. The van der Waals surface area contributed by atoms with Gasteiger partial charge in [-0.15, -0.1) is 0 Å². The van der Waals surface area contributed by atoms with E-state index in [0.717, 1.165) is 0 Å². The fourth-order valence-electron chi connectivity index (χ4n) is 1.61. The van der Waals surface area contributed by atoms with Gasteiger partial charge in [-0.05, 0) is 36.4 Å². The molecule has 104 valence electrons. The Morgan fingerprint density at radius 2 is 1.71 bits per heavy atom. The number of rotatable bonds is 4. The van der Waals surface area contributed by atoms with Crippen LogP contribution in [0.1, 0.15) is 15.9 Å². The van der Waals surface area contributed by atoms with Crippen molar-refractivity contribution in [3.63, 3.8) is 0 Å². The molecule has 0 atom stereocenters. The van der Waals surface area contributed by atoms with Gasteiger partial charge in [0.05, 0.1) is 17.2 Å². The number of hydrogen-bond acceptors (Lipinski definition) is 4. The van der Waals surface area contributed by atoms with Gasteiger partial charge in [-0.2, -0.15) is 5.26 Å². The zero-order valence-electron chi connectivity index (χ0n) is 11.1. The predicted molar refractivity (Wildman–Crippen MR) is 76.5 cm³/mol. The molecule has 0 aliphatic rings. The third-order valence-electron chi connectivity index (χ3n) is 2.64. The summed E-state index contributed by atoms with van der Waals surface area (Å²) in [5.41, 5.74) is 1.38. The molecule has 0 aliphatic carbocycles. The van der Waals surface area contributed by atoms with Crippen molar-refractivity contribution in [2.24, 2.45) is 0 Å². The Bertz CT molecular complexity index is 673. The molecule has 1 N–H and O–H groups in total. The van der Waals surface area contributed by atoms with E-state index in [4.69, 9.17) is 10.00 Å². The van der Waals surface area contributed by atoms with Crippen molar-refractivity contribution in [2.45, 2.75) is 0 Å². The number of carbonyl (C=O) groups is 2. The highest BCUT2D eigenvalue weighted by atomic mass is 16.5. The Hall–Kier alpha value is -3.13. The molecule has 5 nitrogen and oxygen atoms in total. The third kappa shape index (κ3) is 4.18. The molecule has 0 heterocycles. The van der Waals surface area contributed by atoms with Crippen LogP contribution in [0.25, 0.3) is 0 Å². The molecule has 5 heteroatoms. The Kier molecular flexibility index (Phi) is 4.67. The van der Waals surface area contributed by atoms with Gasteiger partial charge >= 0.3 is 5.97 Å². The van der Waals surface area contributed by atoms with E-state index in [1.807, 2.05) is 12.1 Å². The summed E-state index contributed by atoms with van der Waals surface area (Å²) in [7, 11) is 0. The molecule has 0 spiro atoms. The largest absolute Gasteiger partial charge is 0.452 e. The third-order valence-corrected chi connectivity index (χ3v) is 2.64. The number of carbonyl (C=O) groups excluding carboxylic acids is 2. The molecule has 0 aliphatic heterocycles. The maximum absolute atomic E-state index is 11.7. The van der Waals surface area contributed by atoms with Crippen LogP contribution in [0.4, 0.5) is 5.69 Å². The van der Waals surface area contributed by atoms with Crippen LogP contribution in [-0.4, -0.2) is 18.5 Å². The summed E-state index contributed by atoms with van der Waals surface area (Å²) in [5.74, 6) is -1.02. The number of anilines is 1. The van der Waals surface area contributed by atoms with E-state index in [1.54, 1.807) is 24.3 Å². The van der Waals surface area contributed by atoms with Crippen molar-refractivity contribution in [1.29, 1.82) is 5.26 Å². The van der Waals surface area contributed by atoms with Crippen molar-refractivity contribution in [2.75, 3.05) is 11.9 Å². The summed E-state index contributed by atoms with van der Waals surface area (Å²) in [5, 5.41) is 11.3. The molecule has 21 heavy (non-hydrogen) atoms. The van der Waals surface area contributed by atoms with Crippen LogP contribution < -0.4 is 5.32 Å². The number of nitrogens with one attached hydrogen (secondary N) is 1. The molecular weight excluding hydrogens is 268 g/mol. The summed E-state index contributed by atoms with van der Waals surface area (Å²) in [4.78, 5) is 23.3. The Balaban J connectivity index is 1.86. The fraction of sp³-hybridized carbons (Fsp3) is 0.0625. The SMILES string of the molecule is N#Cc1ccc(C(=O)OCC(=O)Nc2ccccc2)cc1. The van der Waals surface area contributed by atoms with Crippen LogP contribution in [0.15, 0.2) is 54.6 Å². The topological polar surface area (TPSA) is 79.2 Å². The van der Waals surface area contributed by atoms with Crippen molar-refractivity contribution >= 4 is 17.6 Å². The van der Waals surface area contributed by atoms with Crippen LogP contribution >= 0.6 is 0 Å². The van der Waals surface area contributed by atoms with Gasteiger partial charge < -0.3 is 10.1 Å². The van der Waals surface area contributed by atoms with Crippen molar-refractivity contribution in [3.05, 3.63) is 65.7 Å². The number of esters is 1. The van der Waals surface area contributed by atoms with Gasteiger partial charge in [0, 0.05) is 5.69 Å². The van der Waals surface area contributed by atoms with E-state index in [-0.39, 0.29) is 6.61 Å². The second-order valence-corrected chi connectivity index (χ2v) is 4.18. The van der Waals surface area contributed by atoms with Crippen LogP contribution in [0.2, 0.25) is 0 Å². The number of para-hydroxylation sites is 1. The summed E-state index contributed by atoms with van der Waals surface area (Å²) in [6.45, 7) is -0.367. The molecule has 0 radical (unpaired) electrons. The van der Waals surface area contributed by atoms with Gasteiger partial charge in [-0.3, -0.25) is 4.79 Å². The van der Waals surface area contributed by atoms with Crippen molar-refractivity contribution in [1.82, 2.24) is 0 Å². The Labute approximate surface area is 121 Å². The molecule has 0 bridgehead atoms. The molecule has 0 unspecified atom stereocenters. The Morgan fingerprint density at radius 3 is 2.33 bits per heavy atom. The van der Waals surface area contributed by atoms with Gasteiger partial charge in [0.25, 0.3) is 5.91 Å². The average Bonchev–Trinajstić information content (AvgIpc) is 2.53. The van der Waals surface area contributed by atoms with Crippen molar-refractivity contribution < 1.29 is 14.3 Å². The van der Waals surface area contributed by atoms with Crippen LogP contribution in [-0.2, 0) is 9.53 Å². The molecule has 0 aromatic heterocycles. The number of amides is 1. The Morgan fingerprint density at radius 1 is 1.05 bits per heavy atom. The minimum absolute atomic E-state index is 0.293. The number of benzene rings is 2. The first-order chi connectivity index (χ1) is 10.2. The summed E-state index contributed by atoms with van der Waals surface area (Å²) in [6.07, 6.45) is 0. The first-order valence-corrected chi connectivity index (χ1v) is 6.21. The summed E-state index contributed by atoms with van der Waals surface area (Å²) < 4.78 is 4.90. The first kappa shape index (κ1) is 14.3. The smallest absolute Gasteiger partial charge is 0.338 e. The molecule has 0 fully saturated rings. The normalized spacial score (nSPS) is 9.48. The summed E-state index contributed by atoms with van der Waals surface area (Å²) in [6, 6.07) is 16.8. The molecular formula is C16H12N2O3. The predicted octanol–water partition coefficient (Wildman–Crippen LogP) is 2.35. The van der Waals surface area contributed by atoms with E-state index in [2.05, 4.69) is 5.32 Å². The monoisotopic (exact) mass is 280 g/mol. The summed E-state index contributed by atoms with van der Waals surface area (Å²) >= 11 is 0. The van der Waals surface area contributed by atoms with Gasteiger partial charge in [0.1, 0.15) is 0 Å². The highest BCUT2D eigenvalue weighted by Gasteiger charge is 2.10. The molecule has 1 amide bonds. The molecule has 2 aromatic carbocycles. The van der Waals surface area contributed by atoms with Gasteiger partial charge in [0.2, 0.25) is 0 Å². The van der Waals surface area contributed by atoms with E-state index in [1.165, 1.54) is 24.3 Å². The lowest BCUT2D eigenvalue weighted by atomic mass is 10.1. The van der Waals surface area contributed by atoms with E-state index < -0.39 is 11.9 Å². The van der Waals surface area contributed by atoms with Crippen LogP contribution in [0.5, 0.6) is 0 Å². The van der Waals surface area contributed by atoms with Crippen LogP contribution in [0.3, 0.4) is 0 Å². The first-order valence-electron chi connectivity index (χ1n) is 6.21. The standard InChI is InChI=1S/C16H12N2O3/c17-10-12-6-8-13(9-7-12)16(20)21-11-15(19)18-14-4-2-1-3-5-14/h1-9H,11H2,(H,18,19). The minimum Gasteiger partial charge on any atom is -0.452 e. The maximum atomic E-state index is 11.7. The van der Waals surface area contributed by atoms with Crippen LogP contribution in [0, 0.1) is 11.3 Å².